The van der Waals surface area contributed by atoms with E-state index in [9.17, 15) is 4.79 Å². The zero-order valence-corrected chi connectivity index (χ0v) is 10.9. The van der Waals surface area contributed by atoms with Crippen LogP contribution in [0.25, 0.3) is 0 Å². The quantitative estimate of drug-likeness (QED) is 0.731. The van der Waals surface area contributed by atoms with Crippen molar-refractivity contribution < 1.29 is 24.1 Å². The average Bonchev–Trinajstić information content (AvgIpc) is 2.92. The zero-order chi connectivity index (χ0) is 14.1. The van der Waals surface area contributed by atoms with Crippen LogP contribution < -0.4 is 15.2 Å². The van der Waals surface area contributed by atoms with Gasteiger partial charge in [-0.1, -0.05) is 0 Å². The summed E-state index contributed by atoms with van der Waals surface area (Å²) in [6.45, 7) is 1.25. The monoisotopic (exact) mass is 280 g/mol. The van der Waals surface area contributed by atoms with Crippen LogP contribution in [0.2, 0.25) is 0 Å². The summed E-state index contributed by atoms with van der Waals surface area (Å²) < 4.78 is 15.8. The lowest BCUT2D eigenvalue weighted by atomic mass is 10.1. The number of aliphatic hydroxyl groups is 1. The Morgan fingerprint density at radius 3 is 2.90 bits per heavy atom. The number of amides is 1. The maximum absolute atomic E-state index is 12.5. The van der Waals surface area contributed by atoms with Gasteiger partial charge in [0.05, 0.1) is 24.9 Å². The van der Waals surface area contributed by atoms with Gasteiger partial charge in [0.15, 0.2) is 11.5 Å². The lowest BCUT2D eigenvalue weighted by molar-refractivity contribution is -0.0447. The molecule has 0 bridgehead atoms. The van der Waals surface area contributed by atoms with Gasteiger partial charge in [-0.3, -0.25) is 4.79 Å². The number of hydrogen-bond donors (Lipinski definition) is 2. The molecule has 2 aliphatic heterocycles. The molecule has 2 heterocycles. The summed E-state index contributed by atoms with van der Waals surface area (Å²) in [5.74, 6) is 0.881. The molecular formula is C13H16N2O5. The number of nitrogens with two attached hydrogens (primary N) is 1. The number of ether oxygens (including phenoxy) is 3. The molecule has 1 atom stereocenters. The number of benzene rings is 1. The predicted octanol–water partition coefficient (Wildman–Crippen LogP) is -0.169. The first kappa shape index (κ1) is 13.0. The Morgan fingerprint density at radius 1 is 1.40 bits per heavy atom. The Morgan fingerprint density at radius 2 is 2.15 bits per heavy atom. The fraction of sp³-hybridized carbons (Fsp3) is 0.462. The topological polar surface area (TPSA) is 94.3 Å². The van der Waals surface area contributed by atoms with Crippen molar-refractivity contribution in [1.29, 1.82) is 0 Å². The third kappa shape index (κ3) is 2.25. The summed E-state index contributed by atoms with van der Waals surface area (Å²) in [7, 11) is 0. The number of morpholine rings is 1. The lowest BCUT2D eigenvalue weighted by Crippen LogP contribution is -2.47. The lowest BCUT2D eigenvalue weighted by Gasteiger charge is -2.32. The van der Waals surface area contributed by atoms with Gasteiger partial charge in [-0.2, -0.15) is 0 Å². The minimum atomic E-state index is -0.345. The van der Waals surface area contributed by atoms with Crippen LogP contribution in [0.15, 0.2) is 12.1 Å². The van der Waals surface area contributed by atoms with Crippen molar-refractivity contribution in [2.24, 2.45) is 0 Å². The van der Waals surface area contributed by atoms with Gasteiger partial charge in [-0.15, -0.1) is 0 Å². The summed E-state index contributed by atoms with van der Waals surface area (Å²) in [5, 5.41) is 9.12. The molecule has 108 valence electrons. The molecule has 1 unspecified atom stereocenters. The van der Waals surface area contributed by atoms with Gasteiger partial charge >= 0.3 is 0 Å². The largest absolute Gasteiger partial charge is 0.454 e. The Kier molecular flexibility index (Phi) is 3.37. The van der Waals surface area contributed by atoms with Crippen LogP contribution in [0.1, 0.15) is 10.4 Å². The smallest absolute Gasteiger partial charge is 0.256 e. The number of fused-ring (bicyclic) bond motifs is 1. The van der Waals surface area contributed by atoms with E-state index in [1.165, 1.54) is 0 Å². The van der Waals surface area contributed by atoms with Gasteiger partial charge < -0.3 is 30.0 Å². The molecule has 1 amide bonds. The number of carbonyl (C=O) groups is 1. The first-order valence-electron chi connectivity index (χ1n) is 6.40. The molecular weight excluding hydrogens is 264 g/mol. The van der Waals surface area contributed by atoms with E-state index in [4.69, 9.17) is 25.1 Å². The van der Waals surface area contributed by atoms with E-state index in [1.807, 2.05) is 0 Å². The number of anilines is 1. The fourth-order valence-electron chi connectivity index (χ4n) is 2.33. The van der Waals surface area contributed by atoms with Gasteiger partial charge in [0, 0.05) is 24.8 Å². The molecule has 7 nitrogen and oxygen atoms in total. The first-order valence-corrected chi connectivity index (χ1v) is 6.40. The molecule has 3 rings (SSSR count). The molecule has 1 aromatic rings. The average molecular weight is 280 g/mol. The van der Waals surface area contributed by atoms with E-state index in [1.54, 1.807) is 17.0 Å². The van der Waals surface area contributed by atoms with Crippen molar-refractivity contribution in [3.63, 3.8) is 0 Å². The number of nitrogens with zero attached hydrogens (tertiary/aromatic N) is 1. The third-order valence-electron chi connectivity index (χ3n) is 3.40. The fourth-order valence-corrected chi connectivity index (χ4v) is 2.33. The van der Waals surface area contributed by atoms with E-state index in [2.05, 4.69) is 0 Å². The molecule has 0 radical (unpaired) electrons. The van der Waals surface area contributed by atoms with Gasteiger partial charge in [-0.25, -0.2) is 0 Å². The molecule has 0 aliphatic carbocycles. The van der Waals surface area contributed by atoms with Crippen LogP contribution in [0.4, 0.5) is 5.69 Å². The number of carbonyl (C=O) groups excluding carboxylic acids is 1. The van der Waals surface area contributed by atoms with Crippen molar-refractivity contribution in [1.82, 2.24) is 4.90 Å². The Balaban J connectivity index is 1.83. The van der Waals surface area contributed by atoms with E-state index < -0.39 is 0 Å². The predicted molar refractivity (Wildman–Crippen MR) is 69.7 cm³/mol. The molecule has 2 aliphatic rings. The zero-order valence-electron chi connectivity index (χ0n) is 10.9. The highest BCUT2D eigenvalue weighted by Gasteiger charge is 2.27. The van der Waals surface area contributed by atoms with Crippen molar-refractivity contribution in [3.8, 4) is 11.5 Å². The minimum absolute atomic E-state index is 0.111. The summed E-state index contributed by atoms with van der Waals surface area (Å²) in [6.07, 6.45) is -0.345. The third-order valence-corrected chi connectivity index (χ3v) is 3.40. The molecule has 1 saturated heterocycles. The Hall–Kier alpha value is -1.99. The molecule has 3 N–H and O–H groups in total. The Labute approximate surface area is 115 Å². The minimum Gasteiger partial charge on any atom is -0.454 e. The highest BCUT2D eigenvalue weighted by atomic mass is 16.7. The van der Waals surface area contributed by atoms with Gasteiger partial charge in [0.25, 0.3) is 5.91 Å². The van der Waals surface area contributed by atoms with E-state index in [0.29, 0.717) is 42.4 Å². The van der Waals surface area contributed by atoms with E-state index >= 15 is 0 Å². The van der Waals surface area contributed by atoms with Gasteiger partial charge in [0.2, 0.25) is 6.79 Å². The second-order valence-corrected chi connectivity index (χ2v) is 4.72. The second-order valence-electron chi connectivity index (χ2n) is 4.72. The van der Waals surface area contributed by atoms with Crippen molar-refractivity contribution >= 4 is 11.6 Å². The number of rotatable bonds is 2. The van der Waals surface area contributed by atoms with Crippen LogP contribution >= 0.6 is 0 Å². The van der Waals surface area contributed by atoms with Crippen LogP contribution in [-0.2, 0) is 4.74 Å². The number of hydrogen-bond acceptors (Lipinski definition) is 6. The summed E-state index contributed by atoms with van der Waals surface area (Å²) >= 11 is 0. The van der Waals surface area contributed by atoms with Crippen LogP contribution in [-0.4, -0.2) is 55.1 Å². The Bertz CT molecular complexity index is 534. The summed E-state index contributed by atoms with van der Waals surface area (Å²) in [4.78, 5) is 14.1. The van der Waals surface area contributed by atoms with Crippen molar-refractivity contribution in [2.45, 2.75) is 6.10 Å². The van der Waals surface area contributed by atoms with Crippen LogP contribution in [0.3, 0.4) is 0 Å². The molecule has 7 heteroatoms. The van der Waals surface area contributed by atoms with Gasteiger partial charge in [0.1, 0.15) is 0 Å². The highest BCUT2D eigenvalue weighted by Crippen LogP contribution is 2.36. The second kappa shape index (κ2) is 5.18. The summed E-state index contributed by atoms with van der Waals surface area (Å²) in [5.41, 5.74) is 6.64. The molecule has 0 aromatic heterocycles. The van der Waals surface area contributed by atoms with E-state index in [0.717, 1.165) is 0 Å². The molecule has 0 spiro atoms. The molecule has 1 aromatic carbocycles. The van der Waals surface area contributed by atoms with E-state index in [-0.39, 0.29) is 25.4 Å². The van der Waals surface area contributed by atoms with Crippen molar-refractivity contribution in [2.75, 3.05) is 38.8 Å². The highest BCUT2D eigenvalue weighted by molar-refractivity contribution is 6.00. The molecule has 20 heavy (non-hydrogen) atoms. The first-order chi connectivity index (χ1) is 9.69. The summed E-state index contributed by atoms with van der Waals surface area (Å²) in [6, 6.07) is 3.20. The number of nitrogen functional groups attached to an aromatic ring is 1. The maximum Gasteiger partial charge on any atom is 0.256 e. The van der Waals surface area contributed by atoms with Crippen LogP contribution in [0.5, 0.6) is 11.5 Å². The van der Waals surface area contributed by atoms with Crippen LogP contribution in [0, 0.1) is 0 Å². The maximum atomic E-state index is 12.5. The molecule has 0 saturated carbocycles. The van der Waals surface area contributed by atoms with Gasteiger partial charge in [-0.05, 0) is 6.07 Å². The normalized spacial score (nSPS) is 21.1. The molecule has 1 fully saturated rings. The SMILES string of the molecule is Nc1cc2c(cc1C(=O)N1CCOC(CO)C1)OCO2. The van der Waals surface area contributed by atoms with Crippen molar-refractivity contribution in [3.05, 3.63) is 17.7 Å². The standard InChI is InChI=1S/C13H16N2O5/c14-10-4-12-11(19-7-20-12)3-9(10)13(17)15-1-2-18-8(5-15)6-16/h3-4,8,16H,1-2,5-7,14H2. The number of aliphatic hydroxyl groups excluding tert-OH is 1.